The van der Waals surface area contributed by atoms with Gasteiger partial charge in [0.15, 0.2) is 0 Å². The van der Waals surface area contributed by atoms with Crippen molar-refractivity contribution in [2.75, 3.05) is 23.3 Å². The average Bonchev–Trinajstić information content (AvgIpc) is 3.27. The Morgan fingerprint density at radius 2 is 1.97 bits per heavy atom. The maximum absolute atomic E-state index is 13.2. The van der Waals surface area contributed by atoms with Crippen molar-refractivity contribution in [3.63, 3.8) is 0 Å². The molecule has 1 aromatic heterocycles. The number of anilines is 3. The van der Waals surface area contributed by atoms with Crippen LogP contribution in [0.2, 0.25) is 0 Å². The lowest BCUT2D eigenvalue weighted by Crippen LogP contribution is -2.37. The van der Waals surface area contributed by atoms with Crippen molar-refractivity contribution in [3.8, 4) is 6.07 Å². The van der Waals surface area contributed by atoms with Gasteiger partial charge in [0.2, 0.25) is 16.0 Å². The molecule has 2 N–H and O–H groups in total. The second kappa shape index (κ2) is 10.2. The van der Waals surface area contributed by atoms with E-state index in [-0.39, 0.29) is 10.9 Å². The number of aryl methyl sites for hydroxylation is 1. The highest BCUT2D eigenvalue weighted by Crippen LogP contribution is 2.24. The van der Waals surface area contributed by atoms with E-state index in [1.807, 2.05) is 17.0 Å². The molecule has 1 aliphatic rings. The zero-order chi connectivity index (χ0) is 24.1. The molecular weight excluding hydrogens is 455 g/mol. The first kappa shape index (κ1) is 23.6. The highest BCUT2D eigenvalue weighted by atomic mass is 32.2. The Bertz CT molecular complexity index is 1310. The number of hydrogen-bond acceptors (Lipinski definition) is 7. The first-order chi connectivity index (χ1) is 16.4. The molecule has 8 nitrogen and oxygen atoms in total. The average molecular weight is 481 g/mol. The number of benzene rings is 2. The summed E-state index contributed by atoms with van der Waals surface area (Å²) in [5, 5.41) is 12.3. The van der Waals surface area contributed by atoms with Gasteiger partial charge in [-0.15, -0.1) is 0 Å². The second-order valence-electron chi connectivity index (χ2n) is 8.12. The van der Waals surface area contributed by atoms with Crippen molar-refractivity contribution in [3.05, 3.63) is 71.7 Å². The highest BCUT2D eigenvalue weighted by molar-refractivity contribution is 7.89. The van der Waals surface area contributed by atoms with Gasteiger partial charge in [-0.1, -0.05) is 19.4 Å². The van der Waals surface area contributed by atoms with E-state index in [2.05, 4.69) is 33.0 Å². The molecule has 0 saturated carbocycles. The Balaban J connectivity index is 1.51. The van der Waals surface area contributed by atoms with Crippen LogP contribution in [0.15, 0.2) is 59.5 Å². The largest absolute Gasteiger partial charge is 0.355 e. The fourth-order valence-corrected chi connectivity index (χ4v) is 5.11. The lowest BCUT2D eigenvalue weighted by Gasteiger charge is -2.20. The third kappa shape index (κ3) is 5.68. The van der Waals surface area contributed by atoms with E-state index < -0.39 is 15.8 Å². The van der Waals surface area contributed by atoms with Crippen LogP contribution < -0.4 is 14.9 Å². The molecule has 176 valence electrons. The maximum Gasteiger partial charge on any atom is 0.240 e. The van der Waals surface area contributed by atoms with Gasteiger partial charge in [0.05, 0.1) is 16.5 Å². The zero-order valence-electron chi connectivity index (χ0n) is 18.7. The van der Waals surface area contributed by atoms with E-state index >= 15 is 0 Å². The third-order valence-corrected chi connectivity index (χ3v) is 7.01. The van der Waals surface area contributed by atoms with E-state index in [0.29, 0.717) is 42.5 Å². The van der Waals surface area contributed by atoms with E-state index in [9.17, 15) is 12.8 Å². The summed E-state index contributed by atoms with van der Waals surface area (Å²) in [6.07, 6.45) is 2.30. The molecule has 0 spiro atoms. The molecule has 0 unspecified atom stereocenters. The number of hydrogen-bond donors (Lipinski definition) is 2. The van der Waals surface area contributed by atoms with Crippen LogP contribution in [0.1, 0.15) is 31.0 Å². The van der Waals surface area contributed by atoms with Crippen molar-refractivity contribution in [2.45, 2.75) is 37.1 Å². The van der Waals surface area contributed by atoms with E-state index in [4.69, 9.17) is 5.26 Å². The third-order valence-electron chi connectivity index (χ3n) is 5.48. The van der Waals surface area contributed by atoms with Gasteiger partial charge < -0.3 is 10.2 Å². The molecule has 1 aliphatic heterocycles. The molecule has 0 radical (unpaired) electrons. The minimum absolute atomic E-state index is 0.0331. The van der Waals surface area contributed by atoms with Crippen LogP contribution in [0.4, 0.5) is 21.8 Å². The van der Waals surface area contributed by atoms with Gasteiger partial charge in [-0.05, 0) is 55.3 Å². The summed E-state index contributed by atoms with van der Waals surface area (Å²) in [7, 11) is -3.75. The van der Waals surface area contributed by atoms with Crippen molar-refractivity contribution in [1.82, 2.24) is 14.7 Å². The Morgan fingerprint density at radius 3 is 2.71 bits per heavy atom. The van der Waals surface area contributed by atoms with Crippen LogP contribution in [0.3, 0.4) is 0 Å². The van der Waals surface area contributed by atoms with Crippen LogP contribution in [-0.2, 0) is 16.4 Å². The van der Waals surface area contributed by atoms with Crippen LogP contribution >= 0.6 is 0 Å². The molecule has 4 rings (SSSR count). The molecule has 0 aliphatic carbocycles. The summed E-state index contributed by atoms with van der Waals surface area (Å²) in [4.78, 5) is 11.3. The van der Waals surface area contributed by atoms with Crippen LogP contribution in [0.25, 0.3) is 0 Å². The fraction of sp³-hybridized carbons (Fsp3) is 0.292. The molecular formula is C24H25FN6O2S. The number of sulfonamides is 1. The first-order valence-corrected chi connectivity index (χ1v) is 12.5. The van der Waals surface area contributed by atoms with Crippen molar-refractivity contribution in [2.24, 2.45) is 0 Å². The summed E-state index contributed by atoms with van der Waals surface area (Å²) in [6, 6.07) is 15.6. The lowest BCUT2D eigenvalue weighted by atomic mass is 10.2. The van der Waals surface area contributed by atoms with Crippen molar-refractivity contribution in [1.29, 1.82) is 5.26 Å². The Kier molecular flexibility index (Phi) is 7.05. The van der Waals surface area contributed by atoms with E-state index in [1.54, 1.807) is 18.2 Å². The zero-order valence-corrected chi connectivity index (χ0v) is 19.5. The van der Waals surface area contributed by atoms with Gasteiger partial charge in [-0.2, -0.15) is 10.2 Å². The summed E-state index contributed by atoms with van der Waals surface area (Å²) < 4.78 is 41.2. The Labute approximate surface area is 198 Å². The summed E-state index contributed by atoms with van der Waals surface area (Å²) in [5.74, 6) is 0.647. The SMILES string of the molecule is CCCc1cc(N2CC[C@H](NS(=O)(=O)c3ccc(F)cc3)C2)nc(Nc2cccc(C#N)c2)n1. The second-order valence-corrected chi connectivity index (χ2v) is 9.83. The van der Waals surface area contributed by atoms with Crippen molar-refractivity contribution < 1.29 is 12.8 Å². The monoisotopic (exact) mass is 480 g/mol. The molecule has 1 saturated heterocycles. The number of rotatable bonds is 8. The number of nitrogens with zero attached hydrogens (tertiary/aromatic N) is 4. The molecule has 34 heavy (non-hydrogen) atoms. The summed E-state index contributed by atoms with van der Waals surface area (Å²) in [5.41, 5.74) is 2.12. The maximum atomic E-state index is 13.2. The van der Waals surface area contributed by atoms with Crippen LogP contribution in [0.5, 0.6) is 0 Å². The smallest absolute Gasteiger partial charge is 0.240 e. The normalized spacial score (nSPS) is 15.8. The van der Waals surface area contributed by atoms with Crippen molar-refractivity contribution >= 4 is 27.5 Å². The molecule has 3 aromatic rings. The first-order valence-electron chi connectivity index (χ1n) is 11.0. The van der Waals surface area contributed by atoms with Gasteiger partial charge in [0.1, 0.15) is 11.6 Å². The Hall–Kier alpha value is -3.55. The van der Waals surface area contributed by atoms with Gasteiger partial charge in [0.25, 0.3) is 0 Å². The standard InChI is InChI=1S/C24H25FN6O2S/c1-2-4-19-14-23(29-24(27-19)28-20-6-3-5-17(13-20)15-26)31-12-11-21(16-31)30-34(32,33)22-9-7-18(25)8-10-22/h3,5-10,13-14,21,30H,2,4,11-12,16H2,1H3,(H,27,28,29)/t21-/m0/s1. The van der Waals surface area contributed by atoms with Crippen LogP contribution in [0, 0.1) is 17.1 Å². The fourth-order valence-electron chi connectivity index (χ4n) is 3.85. The number of nitriles is 1. The number of nitrogens with one attached hydrogen (secondary N) is 2. The summed E-state index contributed by atoms with van der Waals surface area (Å²) >= 11 is 0. The topological polar surface area (TPSA) is 111 Å². The highest BCUT2D eigenvalue weighted by Gasteiger charge is 2.28. The predicted octanol–water partition coefficient (Wildman–Crippen LogP) is 3.74. The molecule has 0 amide bonds. The molecule has 2 heterocycles. The van der Waals surface area contributed by atoms with E-state index in [1.165, 1.54) is 12.1 Å². The van der Waals surface area contributed by atoms with Gasteiger partial charge in [-0.25, -0.2) is 22.5 Å². The molecule has 1 fully saturated rings. The van der Waals surface area contributed by atoms with Gasteiger partial charge >= 0.3 is 0 Å². The quantitative estimate of drug-likeness (QED) is 0.505. The van der Waals surface area contributed by atoms with E-state index in [0.717, 1.165) is 30.7 Å². The lowest BCUT2D eigenvalue weighted by molar-refractivity contribution is 0.560. The molecule has 0 bridgehead atoms. The Morgan fingerprint density at radius 1 is 1.18 bits per heavy atom. The molecule has 10 heteroatoms. The summed E-state index contributed by atoms with van der Waals surface area (Å²) in [6.45, 7) is 3.15. The predicted molar refractivity (Wildman–Crippen MR) is 128 cm³/mol. The minimum atomic E-state index is -3.75. The molecule has 2 aromatic carbocycles. The number of aromatic nitrogens is 2. The number of halogens is 1. The van der Waals surface area contributed by atoms with Crippen LogP contribution in [-0.4, -0.2) is 37.5 Å². The van der Waals surface area contributed by atoms with Gasteiger partial charge in [0, 0.05) is 36.6 Å². The minimum Gasteiger partial charge on any atom is -0.355 e. The molecule has 1 atom stereocenters. The van der Waals surface area contributed by atoms with Gasteiger partial charge in [-0.3, -0.25) is 0 Å².